The Hall–Kier alpha value is -2.06. The van der Waals surface area contributed by atoms with E-state index in [1.807, 2.05) is 0 Å². The Bertz CT molecular complexity index is 795. The van der Waals surface area contributed by atoms with Gasteiger partial charge in [0.15, 0.2) is 11.2 Å². The van der Waals surface area contributed by atoms with Crippen molar-refractivity contribution >= 4 is 11.2 Å². The summed E-state index contributed by atoms with van der Waals surface area (Å²) in [5.74, 6) is -1.18. The molecule has 0 saturated carbocycles. The van der Waals surface area contributed by atoms with E-state index in [-0.39, 0.29) is 11.2 Å². The maximum atomic E-state index is 13.0. The number of alkyl halides is 3. The molecular weight excluding hydrogens is 277 g/mol. The number of hydrogen-bond donors (Lipinski definition) is 0. The minimum Gasteiger partial charge on any atom is -0.312 e. The summed E-state index contributed by atoms with van der Waals surface area (Å²) in [5, 5.41) is 0. The first-order valence-corrected chi connectivity index (χ1v) is 5.82. The molecule has 0 aromatic carbocycles. The quantitative estimate of drug-likeness (QED) is 0.788. The summed E-state index contributed by atoms with van der Waals surface area (Å²) in [6.45, 7) is 3.03. The molecule has 2 aromatic heterocycles. The molecule has 0 N–H and O–H groups in total. The highest BCUT2D eigenvalue weighted by molar-refractivity contribution is 5.71. The predicted molar refractivity (Wildman–Crippen MR) is 65.6 cm³/mol. The SMILES string of the molecule is CC(C)n1c(C(F)(F)F)nc2c1c(=O)n(C)c(=O)n2C. The molecule has 2 heterocycles. The Kier molecular flexibility index (Phi) is 3.03. The molecule has 0 aliphatic heterocycles. The van der Waals surface area contributed by atoms with Crippen molar-refractivity contribution in [2.24, 2.45) is 14.1 Å². The molecule has 0 bridgehead atoms. The van der Waals surface area contributed by atoms with Gasteiger partial charge in [-0.1, -0.05) is 0 Å². The van der Waals surface area contributed by atoms with Gasteiger partial charge in [0, 0.05) is 20.1 Å². The maximum absolute atomic E-state index is 13.0. The Balaban J connectivity index is 3.13. The minimum absolute atomic E-state index is 0.225. The number of imidazole rings is 1. The molecule has 0 atom stereocenters. The fourth-order valence-corrected chi connectivity index (χ4v) is 2.12. The summed E-state index contributed by atoms with van der Waals surface area (Å²) in [7, 11) is 2.50. The summed E-state index contributed by atoms with van der Waals surface area (Å²) in [6.07, 6.45) is -4.70. The maximum Gasteiger partial charge on any atom is 0.449 e. The average molecular weight is 290 g/mol. The lowest BCUT2D eigenvalue weighted by molar-refractivity contribution is -0.147. The van der Waals surface area contributed by atoms with Crippen molar-refractivity contribution < 1.29 is 13.2 Å². The van der Waals surface area contributed by atoms with E-state index in [0.717, 1.165) is 13.7 Å². The standard InChI is InChI=1S/C11H13F3N4O2/c1-5(2)18-6-7(15-9(18)11(12,13)14)16(3)10(20)17(4)8(6)19/h5H,1-4H3. The van der Waals surface area contributed by atoms with Crippen LogP contribution < -0.4 is 11.2 Å². The lowest BCUT2D eigenvalue weighted by Gasteiger charge is -2.14. The summed E-state index contributed by atoms with van der Waals surface area (Å²) >= 11 is 0. The number of halogens is 3. The van der Waals surface area contributed by atoms with Crippen LogP contribution in [0.1, 0.15) is 25.7 Å². The van der Waals surface area contributed by atoms with Gasteiger partial charge in [-0.15, -0.1) is 0 Å². The first-order chi connectivity index (χ1) is 9.07. The third-order valence-corrected chi connectivity index (χ3v) is 3.06. The average Bonchev–Trinajstić information content (AvgIpc) is 2.74. The van der Waals surface area contributed by atoms with Crippen molar-refractivity contribution in [1.29, 1.82) is 0 Å². The third kappa shape index (κ3) is 1.84. The molecule has 0 unspecified atom stereocenters. The van der Waals surface area contributed by atoms with Gasteiger partial charge in [0.2, 0.25) is 5.82 Å². The minimum atomic E-state index is -4.70. The van der Waals surface area contributed by atoms with Crippen molar-refractivity contribution in [3.05, 3.63) is 26.7 Å². The molecular formula is C11H13F3N4O2. The largest absolute Gasteiger partial charge is 0.449 e. The molecule has 6 nitrogen and oxygen atoms in total. The number of fused-ring (bicyclic) bond motifs is 1. The second-order valence-corrected chi connectivity index (χ2v) is 4.77. The van der Waals surface area contributed by atoms with Crippen LogP contribution in [0.25, 0.3) is 11.2 Å². The van der Waals surface area contributed by atoms with Gasteiger partial charge in [-0.25, -0.2) is 9.78 Å². The monoisotopic (exact) mass is 290 g/mol. The van der Waals surface area contributed by atoms with E-state index >= 15 is 0 Å². The zero-order valence-electron chi connectivity index (χ0n) is 11.3. The molecule has 2 rings (SSSR count). The predicted octanol–water partition coefficient (Wildman–Crippen LogP) is 1.03. The zero-order chi connectivity index (χ0) is 15.4. The second kappa shape index (κ2) is 4.22. The van der Waals surface area contributed by atoms with Crippen LogP contribution in [0.3, 0.4) is 0 Å². The van der Waals surface area contributed by atoms with Crippen LogP contribution in [-0.4, -0.2) is 18.7 Å². The van der Waals surface area contributed by atoms with Crippen molar-refractivity contribution in [3.63, 3.8) is 0 Å². The van der Waals surface area contributed by atoms with Gasteiger partial charge in [0.1, 0.15) is 0 Å². The lowest BCUT2D eigenvalue weighted by atomic mass is 10.3. The van der Waals surface area contributed by atoms with Crippen LogP contribution in [0.15, 0.2) is 9.59 Å². The Morgan fingerprint density at radius 1 is 1.10 bits per heavy atom. The molecule has 0 radical (unpaired) electrons. The van der Waals surface area contributed by atoms with Gasteiger partial charge in [-0.3, -0.25) is 13.9 Å². The summed E-state index contributed by atoms with van der Waals surface area (Å²) in [5.41, 5.74) is -2.00. The molecule has 0 aliphatic rings. The molecule has 0 spiro atoms. The second-order valence-electron chi connectivity index (χ2n) is 4.77. The first-order valence-electron chi connectivity index (χ1n) is 5.82. The third-order valence-electron chi connectivity index (χ3n) is 3.06. The summed E-state index contributed by atoms with van der Waals surface area (Å²) in [6, 6.07) is -0.623. The van der Waals surface area contributed by atoms with Crippen LogP contribution >= 0.6 is 0 Å². The topological polar surface area (TPSA) is 61.8 Å². The van der Waals surface area contributed by atoms with Crippen LogP contribution in [0.2, 0.25) is 0 Å². The molecule has 2 aromatic rings. The highest BCUT2D eigenvalue weighted by Crippen LogP contribution is 2.32. The van der Waals surface area contributed by atoms with E-state index in [0.29, 0.717) is 0 Å². The lowest BCUT2D eigenvalue weighted by Crippen LogP contribution is -2.37. The van der Waals surface area contributed by atoms with Crippen LogP contribution in [0.4, 0.5) is 13.2 Å². The molecule has 110 valence electrons. The number of hydrogen-bond acceptors (Lipinski definition) is 3. The van der Waals surface area contributed by atoms with Gasteiger partial charge in [-0.2, -0.15) is 13.2 Å². The summed E-state index contributed by atoms with van der Waals surface area (Å²) < 4.78 is 41.6. The van der Waals surface area contributed by atoms with Crippen molar-refractivity contribution in [2.75, 3.05) is 0 Å². The van der Waals surface area contributed by atoms with Gasteiger partial charge in [-0.05, 0) is 13.8 Å². The van der Waals surface area contributed by atoms with E-state index in [1.165, 1.54) is 27.9 Å². The highest BCUT2D eigenvalue weighted by Gasteiger charge is 2.39. The molecule has 9 heteroatoms. The molecule has 0 aliphatic carbocycles. The van der Waals surface area contributed by atoms with E-state index in [1.54, 1.807) is 0 Å². The van der Waals surface area contributed by atoms with Crippen molar-refractivity contribution in [2.45, 2.75) is 26.1 Å². The first kappa shape index (κ1) is 14.4. The summed E-state index contributed by atoms with van der Waals surface area (Å²) in [4.78, 5) is 27.3. The van der Waals surface area contributed by atoms with Gasteiger partial charge >= 0.3 is 11.9 Å². The normalized spacial score (nSPS) is 12.6. The molecule has 0 amide bonds. The van der Waals surface area contributed by atoms with E-state index in [9.17, 15) is 22.8 Å². The Morgan fingerprint density at radius 3 is 2.10 bits per heavy atom. The van der Waals surface area contributed by atoms with Gasteiger partial charge in [0.25, 0.3) is 5.56 Å². The number of rotatable bonds is 1. The number of aromatic nitrogens is 4. The van der Waals surface area contributed by atoms with Crippen LogP contribution in [0.5, 0.6) is 0 Å². The van der Waals surface area contributed by atoms with E-state index < -0.39 is 29.3 Å². The van der Waals surface area contributed by atoms with Crippen molar-refractivity contribution in [3.8, 4) is 0 Å². The highest BCUT2D eigenvalue weighted by atomic mass is 19.4. The van der Waals surface area contributed by atoms with Gasteiger partial charge < -0.3 is 4.57 Å². The Labute approximate surface area is 111 Å². The molecule has 0 fully saturated rings. The molecule has 20 heavy (non-hydrogen) atoms. The van der Waals surface area contributed by atoms with E-state index in [4.69, 9.17) is 0 Å². The molecule has 0 saturated heterocycles. The fourth-order valence-electron chi connectivity index (χ4n) is 2.12. The van der Waals surface area contributed by atoms with E-state index in [2.05, 4.69) is 4.98 Å². The smallest absolute Gasteiger partial charge is 0.312 e. The van der Waals surface area contributed by atoms with Gasteiger partial charge in [0.05, 0.1) is 0 Å². The fraction of sp³-hybridized carbons (Fsp3) is 0.545. The number of aryl methyl sites for hydroxylation is 1. The van der Waals surface area contributed by atoms with Crippen molar-refractivity contribution in [1.82, 2.24) is 18.7 Å². The Morgan fingerprint density at radius 2 is 1.65 bits per heavy atom. The zero-order valence-corrected chi connectivity index (χ0v) is 11.3. The number of nitrogens with zero attached hydrogens (tertiary/aromatic N) is 4. The van der Waals surface area contributed by atoms with Crippen LogP contribution in [0, 0.1) is 0 Å². The van der Waals surface area contributed by atoms with Crippen LogP contribution in [-0.2, 0) is 20.3 Å².